The molecule has 1 unspecified atom stereocenters. The van der Waals surface area contributed by atoms with E-state index in [0.29, 0.717) is 0 Å². The zero-order valence-corrected chi connectivity index (χ0v) is 11.1. The van der Waals surface area contributed by atoms with E-state index in [1.807, 2.05) is 6.92 Å². The summed E-state index contributed by atoms with van der Waals surface area (Å²) < 4.78 is 40.9. The quantitative estimate of drug-likeness (QED) is 0.508. The summed E-state index contributed by atoms with van der Waals surface area (Å²) in [4.78, 5) is 11.3. The van der Waals surface area contributed by atoms with Crippen LogP contribution < -0.4 is 0 Å². The highest BCUT2D eigenvalue weighted by molar-refractivity contribution is 5.87. The summed E-state index contributed by atoms with van der Waals surface area (Å²) in [6.07, 6.45) is -0.625. The first-order valence-corrected chi connectivity index (χ1v) is 6.23. The Hall–Kier alpha value is -1.00. The third-order valence-electron chi connectivity index (χ3n) is 2.70. The van der Waals surface area contributed by atoms with Crippen LogP contribution in [0, 0.1) is 5.92 Å². The number of rotatable bonds is 7. The van der Waals surface area contributed by atoms with Crippen molar-refractivity contribution in [1.29, 1.82) is 0 Å². The van der Waals surface area contributed by atoms with Crippen molar-refractivity contribution in [3.8, 4) is 0 Å². The number of alkyl halides is 3. The molecule has 106 valence electrons. The number of unbranched alkanes of at least 4 members (excludes halogenated alkanes) is 1. The molecule has 0 aromatic rings. The van der Waals surface area contributed by atoms with Gasteiger partial charge in [0, 0.05) is 11.6 Å². The van der Waals surface area contributed by atoms with Crippen LogP contribution in [0.5, 0.6) is 0 Å². The van der Waals surface area contributed by atoms with Gasteiger partial charge < -0.3 is 4.74 Å². The van der Waals surface area contributed by atoms with E-state index in [1.54, 1.807) is 0 Å². The van der Waals surface area contributed by atoms with Crippen LogP contribution in [0.15, 0.2) is 11.6 Å². The largest absolute Gasteiger partial charge is 0.462 e. The Bertz CT molecular complexity index is 282. The third kappa shape index (κ3) is 8.14. The lowest BCUT2D eigenvalue weighted by molar-refractivity contribution is -0.141. The van der Waals surface area contributed by atoms with Crippen LogP contribution in [0.2, 0.25) is 0 Å². The van der Waals surface area contributed by atoms with Crippen molar-refractivity contribution < 1.29 is 22.7 Å². The molecule has 0 aliphatic carbocycles. The van der Waals surface area contributed by atoms with E-state index in [1.165, 1.54) is 0 Å². The molecule has 0 aromatic heterocycles. The second-order valence-corrected chi connectivity index (χ2v) is 4.38. The molecule has 0 amide bonds. The highest BCUT2D eigenvalue weighted by Gasteiger charge is 2.25. The summed E-state index contributed by atoms with van der Waals surface area (Å²) in [6.45, 7) is 5.35. The van der Waals surface area contributed by atoms with Gasteiger partial charge in [-0.2, -0.15) is 13.2 Å². The second-order valence-electron chi connectivity index (χ2n) is 4.38. The first-order valence-electron chi connectivity index (χ1n) is 6.23. The summed E-state index contributed by atoms with van der Waals surface area (Å²) in [7, 11) is 0. The predicted molar refractivity (Wildman–Crippen MR) is 64.1 cm³/mol. The summed E-state index contributed by atoms with van der Waals surface area (Å²) in [5.74, 6) is -0.658. The maximum atomic E-state index is 12.0. The summed E-state index contributed by atoms with van der Waals surface area (Å²) in [6, 6.07) is 0. The van der Waals surface area contributed by atoms with E-state index in [-0.39, 0.29) is 18.6 Å². The lowest BCUT2D eigenvalue weighted by Crippen LogP contribution is -2.16. The second kappa shape index (κ2) is 8.16. The van der Waals surface area contributed by atoms with Crippen LogP contribution in [0.3, 0.4) is 0 Å². The Morgan fingerprint density at radius 2 is 1.94 bits per heavy atom. The molecule has 0 rings (SSSR count). The molecule has 0 fully saturated rings. The minimum atomic E-state index is -4.48. The number of esters is 1. The molecular formula is C13H21F3O2. The number of ether oxygens (including phenoxy) is 1. The van der Waals surface area contributed by atoms with Crippen LogP contribution in [-0.4, -0.2) is 18.8 Å². The first-order chi connectivity index (χ1) is 8.30. The van der Waals surface area contributed by atoms with E-state index in [4.69, 9.17) is 4.74 Å². The number of halogens is 3. The fraction of sp³-hybridized carbons (Fsp3) is 0.769. The third-order valence-corrected chi connectivity index (χ3v) is 2.70. The van der Waals surface area contributed by atoms with Gasteiger partial charge in [-0.25, -0.2) is 4.79 Å². The molecule has 0 saturated carbocycles. The van der Waals surface area contributed by atoms with Crippen molar-refractivity contribution in [2.24, 2.45) is 5.92 Å². The Kier molecular flexibility index (Phi) is 7.71. The fourth-order valence-corrected chi connectivity index (χ4v) is 1.51. The highest BCUT2D eigenvalue weighted by atomic mass is 19.4. The Labute approximate surface area is 106 Å². The number of hydrogen-bond acceptors (Lipinski definition) is 2. The zero-order chi connectivity index (χ0) is 14.2. The van der Waals surface area contributed by atoms with Crippen LogP contribution in [0.1, 0.15) is 46.5 Å². The molecule has 0 aliphatic rings. The predicted octanol–water partition coefficient (Wildman–Crippen LogP) is 4.25. The molecule has 0 heterocycles. The van der Waals surface area contributed by atoms with E-state index >= 15 is 0 Å². The zero-order valence-electron chi connectivity index (χ0n) is 11.1. The maximum absolute atomic E-state index is 12.0. The average Bonchev–Trinajstić information content (AvgIpc) is 2.26. The molecule has 0 radical (unpaired) electrons. The Balaban J connectivity index is 4.19. The van der Waals surface area contributed by atoms with Crippen molar-refractivity contribution >= 4 is 5.97 Å². The number of carbonyl (C=O) groups is 1. The van der Waals surface area contributed by atoms with Crippen LogP contribution in [0.4, 0.5) is 13.2 Å². The molecule has 1 atom stereocenters. The van der Waals surface area contributed by atoms with Gasteiger partial charge >= 0.3 is 12.1 Å². The van der Waals surface area contributed by atoms with Gasteiger partial charge in [0.15, 0.2) is 0 Å². The van der Waals surface area contributed by atoms with Gasteiger partial charge in [-0.1, -0.05) is 33.1 Å². The number of allylic oxidation sites excluding steroid dienone is 1. The lowest BCUT2D eigenvalue weighted by atomic mass is 10.0. The highest BCUT2D eigenvalue weighted by Crippen LogP contribution is 2.19. The molecule has 0 saturated heterocycles. The van der Waals surface area contributed by atoms with E-state index in [0.717, 1.165) is 32.6 Å². The van der Waals surface area contributed by atoms with Gasteiger partial charge in [-0.3, -0.25) is 0 Å². The average molecular weight is 266 g/mol. The van der Waals surface area contributed by atoms with Gasteiger partial charge in [-0.15, -0.1) is 0 Å². The molecule has 2 nitrogen and oxygen atoms in total. The summed E-state index contributed by atoms with van der Waals surface area (Å²) in [5, 5.41) is 0. The van der Waals surface area contributed by atoms with E-state index in [2.05, 4.69) is 6.92 Å². The molecule has 0 bridgehead atoms. The number of hydrogen-bond donors (Lipinski definition) is 0. The van der Waals surface area contributed by atoms with Gasteiger partial charge in [0.1, 0.15) is 0 Å². The molecular weight excluding hydrogens is 245 g/mol. The van der Waals surface area contributed by atoms with Crippen LogP contribution in [-0.2, 0) is 9.53 Å². The van der Waals surface area contributed by atoms with E-state index < -0.39 is 17.7 Å². The van der Waals surface area contributed by atoms with Crippen LogP contribution >= 0.6 is 0 Å². The SMILES string of the molecule is CCCCC(CC)COC(=O)/C(C)=C/C(F)(F)F. The van der Waals surface area contributed by atoms with Crippen molar-refractivity contribution in [3.63, 3.8) is 0 Å². The topological polar surface area (TPSA) is 26.3 Å². The Morgan fingerprint density at radius 3 is 2.39 bits per heavy atom. The number of carbonyl (C=O) groups excluding carboxylic acids is 1. The van der Waals surface area contributed by atoms with Gasteiger partial charge in [-0.05, 0) is 19.3 Å². The summed E-state index contributed by atoms with van der Waals surface area (Å²) >= 11 is 0. The van der Waals surface area contributed by atoms with Gasteiger partial charge in [0.05, 0.1) is 6.61 Å². The molecule has 0 aromatic carbocycles. The molecule has 0 spiro atoms. The summed E-state index contributed by atoms with van der Waals surface area (Å²) in [5.41, 5.74) is -0.409. The maximum Gasteiger partial charge on any atom is 0.410 e. The first kappa shape index (κ1) is 17.0. The van der Waals surface area contributed by atoms with Crippen molar-refractivity contribution in [2.45, 2.75) is 52.6 Å². The monoisotopic (exact) mass is 266 g/mol. The smallest absolute Gasteiger partial charge is 0.410 e. The lowest BCUT2D eigenvalue weighted by Gasteiger charge is -2.14. The minimum absolute atomic E-state index is 0.0255. The van der Waals surface area contributed by atoms with Gasteiger partial charge in [0.25, 0.3) is 0 Å². The minimum Gasteiger partial charge on any atom is -0.462 e. The van der Waals surface area contributed by atoms with Crippen molar-refractivity contribution in [1.82, 2.24) is 0 Å². The fourth-order valence-electron chi connectivity index (χ4n) is 1.51. The van der Waals surface area contributed by atoms with Crippen molar-refractivity contribution in [2.75, 3.05) is 6.61 Å². The molecule has 18 heavy (non-hydrogen) atoms. The molecule has 5 heteroatoms. The van der Waals surface area contributed by atoms with Gasteiger partial charge in [0.2, 0.25) is 0 Å². The van der Waals surface area contributed by atoms with Crippen molar-refractivity contribution in [3.05, 3.63) is 11.6 Å². The van der Waals surface area contributed by atoms with Crippen LogP contribution in [0.25, 0.3) is 0 Å². The Morgan fingerprint density at radius 1 is 1.33 bits per heavy atom. The molecule has 0 N–H and O–H groups in total. The normalized spacial score (nSPS) is 14.4. The van der Waals surface area contributed by atoms with E-state index in [9.17, 15) is 18.0 Å². The molecule has 0 aliphatic heterocycles. The standard InChI is InChI=1S/C13H21F3O2/c1-4-6-7-11(5-2)9-18-12(17)10(3)8-13(14,15)16/h8,11H,4-7,9H2,1-3H3/b10-8+.